The third kappa shape index (κ3) is 4.50. The average Bonchev–Trinajstić information content (AvgIpc) is 3.22. The molecule has 148 valence electrons. The molecule has 0 aliphatic carbocycles. The highest BCUT2D eigenvalue weighted by Gasteiger charge is 2.24. The van der Waals surface area contributed by atoms with Crippen LogP contribution in [0.25, 0.3) is 0 Å². The van der Waals surface area contributed by atoms with Gasteiger partial charge in [0.1, 0.15) is 5.82 Å². The Morgan fingerprint density at radius 2 is 1.86 bits per heavy atom. The molecule has 1 heterocycles. The zero-order valence-corrected chi connectivity index (χ0v) is 16.4. The molecule has 6 heteroatoms. The largest absolute Gasteiger partial charge is 0.339 e. The third-order valence-electron chi connectivity index (χ3n) is 5.06. The van der Waals surface area contributed by atoms with E-state index in [0.717, 1.165) is 37.1 Å². The first-order chi connectivity index (χ1) is 13.5. The molecule has 0 unspecified atom stereocenters. The lowest BCUT2D eigenvalue weighted by Crippen LogP contribution is -2.35. The maximum Gasteiger partial charge on any atom is 0.322 e. The predicted octanol–water partition coefficient (Wildman–Crippen LogP) is 4.42. The van der Waals surface area contributed by atoms with E-state index in [1.807, 2.05) is 30.9 Å². The quantitative estimate of drug-likeness (QED) is 0.831. The highest BCUT2D eigenvalue weighted by atomic mass is 19.1. The molecule has 2 aromatic carbocycles. The van der Waals surface area contributed by atoms with Crippen molar-refractivity contribution in [2.75, 3.05) is 25.0 Å². The normalized spacial score (nSPS) is 13.5. The second-order valence-corrected chi connectivity index (χ2v) is 7.07. The molecule has 0 atom stereocenters. The number of para-hydroxylation sites is 1. The minimum Gasteiger partial charge on any atom is -0.339 e. The van der Waals surface area contributed by atoms with Crippen LogP contribution in [0.5, 0.6) is 0 Å². The van der Waals surface area contributed by atoms with Gasteiger partial charge in [-0.25, -0.2) is 9.18 Å². The van der Waals surface area contributed by atoms with Crippen LogP contribution in [0.1, 0.15) is 41.3 Å². The first kappa shape index (κ1) is 19.9. The van der Waals surface area contributed by atoms with E-state index in [-0.39, 0.29) is 17.8 Å². The van der Waals surface area contributed by atoms with E-state index >= 15 is 0 Å². The van der Waals surface area contributed by atoms with Crippen LogP contribution in [0.3, 0.4) is 0 Å². The van der Waals surface area contributed by atoms with Crippen molar-refractivity contribution in [3.63, 3.8) is 0 Å². The smallest absolute Gasteiger partial charge is 0.322 e. The van der Waals surface area contributed by atoms with Gasteiger partial charge >= 0.3 is 6.03 Å². The number of carbonyl (C=O) groups is 2. The summed E-state index contributed by atoms with van der Waals surface area (Å²) >= 11 is 0. The summed E-state index contributed by atoms with van der Waals surface area (Å²) in [4.78, 5) is 29.2. The number of nitrogens with one attached hydrogen (secondary N) is 1. The molecule has 2 aromatic rings. The molecule has 1 saturated heterocycles. The van der Waals surface area contributed by atoms with E-state index in [9.17, 15) is 14.0 Å². The van der Waals surface area contributed by atoms with Gasteiger partial charge in [-0.2, -0.15) is 0 Å². The Kier molecular flexibility index (Phi) is 6.29. The van der Waals surface area contributed by atoms with Crippen LogP contribution in [0.15, 0.2) is 42.5 Å². The second kappa shape index (κ2) is 8.87. The Bertz CT molecular complexity index is 863. The standard InChI is InChI=1S/C22H26FN3O2/c1-3-25(15-17-9-7-10-18(23)14-17)22(28)24-20-16(2)8-6-11-19(20)21(27)26-12-4-5-13-26/h6-11,14H,3-5,12-13,15H2,1-2H3,(H,24,28). The van der Waals surface area contributed by atoms with Gasteiger partial charge in [-0.05, 0) is 56.0 Å². The number of amides is 3. The summed E-state index contributed by atoms with van der Waals surface area (Å²) in [6, 6.07) is 11.4. The van der Waals surface area contributed by atoms with Crippen LogP contribution >= 0.6 is 0 Å². The highest BCUT2D eigenvalue weighted by molar-refractivity contribution is 6.04. The first-order valence-electron chi connectivity index (χ1n) is 9.69. The minimum atomic E-state index is -0.327. The molecule has 1 aliphatic heterocycles. The molecule has 28 heavy (non-hydrogen) atoms. The number of nitrogens with zero attached hydrogens (tertiary/aromatic N) is 2. The van der Waals surface area contributed by atoms with Gasteiger partial charge in [-0.3, -0.25) is 4.79 Å². The molecular weight excluding hydrogens is 357 g/mol. The van der Waals surface area contributed by atoms with Crippen molar-refractivity contribution in [1.82, 2.24) is 9.80 Å². The number of aryl methyl sites for hydroxylation is 1. The summed E-state index contributed by atoms with van der Waals surface area (Å²) in [5.74, 6) is -0.379. The van der Waals surface area contributed by atoms with Crippen molar-refractivity contribution >= 4 is 17.6 Å². The Morgan fingerprint density at radius 3 is 2.54 bits per heavy atom. The average molecular weight is 383 g/mol. The maximum atomic E-state index is 13.5. The van der Waals surface area contributed by atoms with Gasteiger partial charge in [0.15, 0.2) is 0 Å². The molecule has 3 rings (SSSR count). The number of hydrogen-bond acceptors (Lipinski definition) is 2. The van der Waals surface area contributed by atoms with E-state index in [0.29, 0.717) is 24.3 Å². The number of benzene rings is 2. The summed E-state index contributed by atoms with van der Waals surface area (Å²) in [7, 11) is 0. The van der Waals surface area contributed by atoms with Gasteiger partial charge < -0.3 is 15.1 Å². The van der Waals surface area contributed by atoms with Crippen molar-refractivity contribution in [2.24, 2.45) is 0 Å². The van der Waals surface area contributed by atoms with Crippen LogP contribution in [-0.2, 0) is 6.54 Å². The predicted molar refractivity (Wildman–Crippen MR) is 108 cm³/mol. The molecule has 0 spiro atoms. The molecule has 0 radical (unpaired) electrons. The molecule has 3 amide bonds. The van der Waals surface area contributed by atoms with Crippen LogP contribution in [0.4, 0.5) is 14.9 Å². The fraction of sp³-hybridized carbons (Fsp3) is 0.364. The van der Waals surface area contributed by atoms with E-state index in [1.54, 1.807) is 23.1 Å². The second-order valence-electron chi connectivity index (χ2n) is 7.07. The number of rotatable bonds is 5. The van der Waals surface area contributed by atoms with Crippen molar-refractivity contribution in [2.45, 2.75) is 33.2 Å². The summed E-state index contributed by atoms with van der Waals surface area (Å²) in [6.07, 6.45) is 2.02. The Hall–Kier alpha value is -2.89. The number of likely N-dealkylation sites (tertiary alicyclic amines) is 1. The molecule has 0 saturated carbocycles. The number of halogens is 1. The lowest BCUT2D eigenvalue weighted by atomic mass is 10.1. The number of urea groups is 1. The molecule has 0 aromatic heterocycles. The van der Waals surface area contributed by atoms with Gasteiger partial charge in [0, 0.05) is 26.2 Å². The van der Waals surface area contributed by atoms with Crippen molar-refractivity contribution < 1.29 is 14.0 Å². The van der Waals surface area contributed by atoms with Crippen molar-refractivity contribution in [1.29, 1.82) is 0 Å². The van der Waals surface area contributed by atoms with Crippen molar-refractivity contribution in [3.05, 3.63) is 65.0 Å². The summed E-state index contributed by atoms with van der Waals surface area (Å²) < 4.78 is 13.5. The number of anilines is 1. The number of hydrogen-bond donors (Lipinski definition) is 1. The molecule has 1 N–H and O–H groups in total. The topological polar surface area (TPSA) is 52.7 Å². The lowest BCUT2D eigenvalue weighted by Gasteiger charge is -2.24. The van der Waals surface area contributed by atoms with Gasteiger partial charge in [0.2, 0.25) is 0 Å². The van der Waals surface area contributed by atoms with Gasteiger partial charge in [0.05, 0.1) is 11.3 Å². The van der Waals surface area contributed by atoms with Crippen LogP contribution in [0.2, 0.25) is 0 Å². The molecule has 0 bridgehead atoms. The monoisotopic (exact) mass is 383 g/mol. The molecule has 1 fully saturated rings. The van der Waals surface area contributed by atoms with E-state index in [1.165, 1.54) is 12.1 Å². The third-order valence-corrected chi connectivity index (χ3v) is 5.06. The van der Waals surface area contributed by atoms with Crippen molar-refractivity contribution in [3.8, 4) is 0 Å². The first-order valence-corrected chi connectivity index (χ1v) is 9.69. The SMILES string of the molecule is CCN(Cc1cccc(F)c1)C(=O)Nc1c(C)cccc1C(=O)N1CCCC1. The number of carbonyl (C=O) groups excluding carboxylic acids is 2. The minimum absolute atomic E-state index is 0.0512. The van der Waals surface area contributed by atoms with Gasteiger partial charge in [0.25, 0.3) is 5.91 Å². The zero-order valence-electron chi connectivity index (χ0n) is 16.4. The Morgan fingerprint density at radius 1 is 1.14 bits per heavy atom. The highest BCUT2D eigenvalue weighted by Crippen LogP contribution is 2.24. The van der Waals surface area contributed by atoms with Gasteiger partial charge in [-0.1, -0.05) is 24.3 Å². The summed E-state index contributed by atoms with van der Waals surface area (Å²) in [6.45, 7) is 6.00. The maximum absolute atomic E-state index is 13.5. The summed E-state index contributed by atoms with van der Waals surface area (Å²) in [5, 5.41) is 2.91. The Balaban J connectivity index is 1.79. The summed E-state index contributed by atoms with van der Waals surface area (Å²) in [5.41, 5.74) is 2.61. The van der Waals surface area contributed by atoms with E-state index in [4.69, 9.17) is 0 Å². The fourth-order valence-electron chi connectivity index (χ4n) is 3.47. The van der Waals surface area contributed by atoms with E-state index in [2.05, 4.69) is 5.32 Å². The fourth-order valence-corrected chi connectivity index (χ4v) is 3.47. The lowest BCUT2D eigenvalue weighted by molar-refractivity contribution is 0.0793. The van der Waals surface area contributed by atoms with Crippen LogP contribution < -0.4 is 5.32 Å². The molecular formula is C22H26FN3O2. The Labute approximate surface area is 165 Å². The van der Waals surface area contributed by atoms with Crippen LogP contribution in [-0.4, -0.2) is 41.4 Å². The van der Waals surface area contributed by atoms with E-state index < -0.39 is 0 Å². The molecule has 1 aliphatic rings. The van der Waals surface area contributed by atoms with Gasteiger partial charge in [-0.15, -0.1) is 0 Å². The molecule has 5 nitrogen and oxygen atoms in total. The van der Waals surface area contributed by atoms with Crippen LogP contribution in [0, 0.1) is 12.7 Å². The zero-order chi connectivity index (χ0) is 20.1.